The number of thioether (sulfide) groups is 1. The Kier molecular flexibility index (Phi) is 11.6. The Hall–Kier alpha value is -2.66. The van der Waals surface area contributed by atoms with Crippen LogP contribution in [0.5, 0.6) is 0 Å². The maximum Gasteiger partial charge on any atom is 0.221 e. The molecule has 7 nitrogen and oxygen atoms in total. The fourth-order valence-corrected chi connectivity index (χ4v) is 5.46. The number of sulfonamides is 1. The number of halogens is 1. The number of rotatable bonds is 13. The van der Waals surface area contributed by atoms with Crippen molar-refractivity contribution in [3.8, 4) is 0 Å². The molecule has 2 aromatic rings. The highest BCUT2D eigenvalue weighted by Crippen LogP contribution is 2.27. The third kappa shape index (κ3) is 8.48. The molecular weight excluding hydrogens is 560 g/mol. The van der Waals surface area contributed by atoms with Crippen molar-refractivity contribution in [3.05, 3.63) is 101 Å². The van der Waals surface area contributed by atoms with Crippen LogP contribution < -0.4 is 4.72 Å². The number of nitrogens with zero attached hydrogens (tertiary/aromatic N) is 3. The van der Waals surface area contributed by atoms with Crippen molar-refractivity contribution >= 4 is 54.5 Å². The van der Waals surface area contributed by atoms with Crippen LogP contribution in [0.3, 0.4) is 0 Å². The van der Waals surface area contributed by atoms with E-state index in [-0.39, 0.29) is 16.7 Å². The van der Waals surface area contributed by atoms with Crippen LogP contribution in [0.15, 0.2) is 89.2 Å². The molecule has 0 aliphatic carbocycles. The number of aliphatic hydroxyl groups is 1. The lowest BCUT2D eigenvalue weighted by Crippen LogP contribution is -2.26. The van der Waals surface area contributed by atoms with E-state index in [9.17, 15) is 13.5 Å². The molecule has 192 valence electrons. The first-order valence-corrected chi connectivity index (χ1v) is 14.5. The predicted molar refractivity (Wildman–Crippen MR) is 156 cm³/mol. The number of fused-ring (bicyclic) bond motifs is 1. The van der Waals surface area contributed by atoms with E-state index in [1.54, 1.807) is 29.8 Å². The Morgan fingerprint density at radius 1 is 1.28 bits per heavy atom. The maximum absolute atomic E-state index is 12.1. The van der Waals surface area contributed by atoms with Gasteiger partial charge in [0.25, 0.3) is 0 Å². The molecule has 36 heavy (non-hydrogen) atoms. The second-order valence-electron chi connectivity index (χ2n) is 7.71. The molecule has 2 N–H and O–H groups in total. The van der Waals surface area contributed by atoms with Gasteiger partial charge in [-0.2, -0.15) is 5.10 Å². The van der Waals surface area contributed by atoms with E-state index >= 15 is 0 Å². The average molecular weight is 592 g/mol. The van der Waals surface area contributed by atoms with Gasteiger partial charge >= 0.3 is 0 Å². The van der Waals surface area contributed by atoms with Crippen molar-refractivity contribution in [2.75, 3.05) is 11.6 Å². The number of hydrogen-bond donors (Lipinski definition) is 2. The largest absolute Gasteiger partial charge is 0.502 e. The Morgan fingerprint density at radius 2 is 2.03 bits per heavy atom. The molecule has 0 amide bonds. The summed E-state index contributed by atoms with van der Waals surface area (Å²) >= 11 is 4.40. The first kappa shape index (κ1) is 29.6. The molecule has 0 aliphatic rings. The van der Waals surface area contributed by atoms with Crippen LogP contribution >= 0.6 is 27.7 Å². The van der Waals surface area contributed by atoms with Crippen molar-refractivity contribution in [3.63, 3.8) is 0 Å². The lowest BCUT2D eigenvalue weighted by Gasteiger charge is -2.11. The number of hydrogen-bond acceptors (Lipinski definition) is 6. The minimum atomic E-state index is -3.51. The summed E-state index contributed by atoms with van der Waals surface area (Å²) in [6.45, 7) is 13.5. The molecule has 2 aromatic heterocycles. The first-order valence-electron chi connectivity index (χ1n) is 11.1. The SMILES string of the molecule is C=C/C=C\C(=C(C)C)c1cc(C(/C=C\CCNS(=O)(=O)CS/C(O)=C\C)=C/C=C)n2ncc(Br)c2n1. The summed E-state index contributed by atoms with van der Waals surface area (Å²) in [5.74, 6) is 0. The van der Waals surface area contributed by atoms with Crippen molar-refractivity contribution in [1.29, 1.82) is 0 Å². The van der Waals surface area contributed by atoms with Gasteiger partial charge in [-0.3, -0.25) is 0 Å². The monoisotopic (exact) mass is 590 g/mol. The molecule has 10 heteroatoms. The molecule has 0 bridgehead atoms. The van der Waals surface area contributed by atoms with Crippen LogP contribution in [0.4, 0.5) is 0 Å². The maximum atomic E-state index is 12.1. The van der Waals surface area contributed by atoms with Crippen LogP contribution in [-0.4, -0.2) is 39.8 Å². The van der Waals surface area contributed by atoms with Crippen molar-refractivity contribution < 1.29 is 13.5 Å². The van der Waals surface area contributed by atoms with Gasteiger partial charge in [0, 0.05) is 6.54 Å². The molecule has 0 spiro atoms. The highest BCUT2D eigenvalue weighted by Gasteiger charge is 2.15. The van der Waals surface area contributed by atoms with Crippen LogP contribution in [0.2, 0.25) is 0 Å². The number of nitrogens with one attached hydrogen (secondary N) is 1. The van der Waals surface area contributed by atoms with Crippen LogP contribution in [0.1, 0.15) is 38.6 Å². The zero-order valence-corrected chi connectivity index (χ0v) is 23.8. The Labute approximate surface area is 226 Å². The summed E-state index contributed by atoms with van der Waals surface area (Å²) in [5, 5.41) is 13.6. The van der Waals surface area contributed by atoms with E-state index in [1.165, 1.54) is 6.08 Å². The molecule has 0 radical (unpaired) electrons. The fourth-order valence-electron chi connectivity index (χ4n) is 3.08. The third-order valence-electron chi connectivity index (χ3n) is 4.77. The first-order chi connectivity index (χ1) is 17.1. The molecule has 0 saturated heterocycles. The van der Waals surface area contributed by atoms with Gasteiger partial charge < -0.3 is 5.11 Å². The lowest BCUT2D eigenvalue weighted by molar-refractivity contribution is 0.455. The summed E-state index contributed by atoms with van der Waals surface area (Å²) in [6, 6.07) is 1.97. The van der Waals surface area contributed by atoms with Gasteiger partial charge in [0.1, 0.15) is 10.2 Å². The van der Waals surface area contributed by atoms with Gasteiger partial charge in [-0.1, -0.05) is 73.0 Å². The topological polar surface area (TPSA) is 96.6 Å². The van der Waals surface area contributed by atoms with Crippen molar-refractivity contribution in [1.82, 2.24) is 19.3 Å². The second kappa shape index (κ2) is 14.2. The van der Waals surface area contributed by atoms with Crippen LogP contribution in [0.25, 0.3) is 16.8 Å². The van der Waals surface area contributed by atoms with Crippen molar-refractivity contribution in [2.24, 2.45) is 0 Å². The van der Waals surface area contributed by atoms with Gasteiger partial charge in [-0.15, -0.1) is 0 Å². The lowest BCUT2D eigenvalue weighted by atomic mass is 10.0. The molecular formula is C26H31BrN4O3S2. The standard InChI is InChI=1S/C26H31BrN4O3S2/c1-6-9-14-21(19(4)5)23-16-24(31-26(30-23)22(27)17-28-31)20(12-7-2)13-10-11-15-29-36(33,34)18-35-25(32)8-3/h6-10,12-14,16-17,29,32H,1-2,11,15,18H2,3-5H3/b13-10-,14-9-,20-12+,25-8-. The van der Waals surface area contributed by atoms with Crippen LogP contribution in [-0.2, 0) is 10.0 Å². The van der Waals surface area contributed by atoms with E-state index in [0.717, 1.165) is 44.3 Å². The quantitative estimate of drug-likeness (QED) is 0.155. The van der Waals surface area contributed by atoms with E-state index in [0.29, 0.717) is 12.1 Å². The highest BCUT2D eigenvalue weighted by atomic mass is 79.9. The highest BCUT2D eigenvalue weighted by molar-refractivity contribution is 9.10. The zero-order chi connectivity index (χ0) is 26.7. The summed E-state index contributed by atoms with van der Waals surface area (Å²) in [5.41, 5.74) is 5.18. The number of aliphatic hydroxyl groups excluding tert-OH is 1. The van der Waals surface area contributed by atoms with E-state index in [1.807, 2.05) is 50.3 Å². The van der Waals surface area contributed by atoms with E-state index in [2.05, 4.69) is 38.9 Å². The molecule has 2 heterocycles. The van der Waals surface area contributed by atoms with Gasteiger partial charge in [0.15, 0.2) is 5.65 Å². The summed E-state index contributed by atoms with van der Waals surface area (Å²) in [4.78, 5) is 4.82. The third-order valence-corrected chi connectivity index (χ3v) is 8.22. The minimum absolute atomic E-state index is 0.0241. The summed E-state index contributed by atoms with van der Waals surface area (Å²) in [6.07, 6.45) is 16.5. The smallest absolute Gasteiger partial charge is 0.221 e. The molecule has 0 aromatic carbocycles. The Bertz CT molecular complexity index is 1360. The molecule has 0 fully saturated rings. The zero-order valence-electron chi connectivity index (χ0n) is 20.6. The molecule has 0 atom stereocenters. The summed E-state index contributed by atoms with van der Waals surface area (Å²) in [7, 11) is -3.51. The van der Waals surface area contributed by atoms with Crippen LogP contribution in [0, 0.1) is 0 Å². The Balaban J connectivity index is 2.34. The number of aromatic nitrogens is 3. The predicted octanol–water partition coefficient (Wildman–Crippen LogP) is 6.57. The molecule has 2 rings (SSSR count). The molecule has 0 aliphatic heterocycles. The normalized spacial score (nSPS) is 13.1. The number of allylic oxidation sites excluding steroid dienone is 10. The molecule has 0 saturated carbocycles. The van der Waals surface area contributed by atoms with Gasteiger partial charge in [0.05, 0.1) is 22.1 Å². The van der Waals surface area contributed by atoms with E-state index < -0.39 is 10.0 Å². The van der Waals surface area contributed by atoms with Gasteiger partial charge in [-0.25, -0.2) is 22.6 Å². The average Bonchev–Trinajstić information content (AvgIpc) is 3.22. The fraction of sp³-hybridized carbons (Fsp3) is 0.231. The van der Waals surface area contributed by atoms with E-state index in [4.69, 9.17) is 4.98 Å². The second-order valence-corrected chi connectivity index (χ2v) is 11.7. The molecule has 0 unspecified atom stereocenters. The van der Waals surface area contributed by atoms with Gasteiger partial charge in [-0.05, 0) is 66.4 Å². The van der Waals surface area contributed by atoms with Gasteiger partial charge in [0.2, 0.25) is 10.0 Å². The summed E-state index contributed by atoms with van der Waals surface area (Å²) < 4.78 is 29.2. The minimum Gasteiger partial charge on any atom is -0.502 e. The Morgan fingerprint density at radius 3 is 2.67 bits per heavy atom. The van der Waals surface area contributed by atoms with Crippen molar-refractivity contribution in [2.45, 2.75) is 27.2 Å².